The third kappa shape index (κ3) is 39.5. The van der Waals surface area contributed by atoms with E-state index in [0.29, 0.717) is 12.8 Å². The van der Waals surface area contributed by atoms with Gasteiger partial charge in [0.25, 0.3) is 0 Å². The standard InChI is InChI=1S/C70H133NO13/c1-3-5-7-9-11-13-15-17-19-21-23-24-25-26-27-28-29-30-31-32-33-34-36-37-39-41-43-45-47-49-51-53-59(74)58(71-62(75)54-52-50-48-46-44-42-40-38-35-22-20-18-16-14-12-10-8-6-4-2)57-81-69-67(80)65(78)68(61(56-73)83-69)84-70-66(79)64(77)63(76)60(55-72)82-70/h43,45,51,53,58-61,63-70,72-74,76-80H,3-42,44,46-50,52,54-57H2,1-2H3,(H,71,75)/b45-43+,53-51+. The normalized spacial score (nSPS) is 23.7. The largest absolute Gasteiger partial charge is 0.394 e. The van der Waals surface area contributed by atoms with Crippen molar-refractivity contribution in [2.75, 3.05) is 19.8 Å². The second kappa shape index (κ2) is 55.5. The van der Waals surface area contributed by atoms with E-state index in [-0.39, 0.29) is 18.9 Å². The molecule has 12 unspecified atom stereocenters. The summed E-state index contributed by atoms with van der Waals surface area (Å²) in [5.41, 5.74) is 0. The van der Waals surface area contributed by atoms with Gasteiger partial charge in [0.2, 0.25) is 5.91 Å². The van der Waals surface area contributed by atoms with Gasteiger partial charge in [-0.2, -0.15) is 0 Å². The lowest BCUT2D eigenvalue weighted by atomic mass is 9.97. The third-order valence-electron chi connectivity index (χ3n) is 17.6. The lowest BCUT2D eigenvalue weighted by Gasteiger charge is -2.46. The Kier molecular flexibility index (Phi) is 51.9. The number of ether oxygens (including phenoxy) is 4. The minimum Gasteiger partial charge on any atom is -0.394 e. The van der Waals surface area contributed by atoms with Crippen LogP contribution in [-0.4, -0.2) is 140 Å². The zero-order chi connectivity index (χ0) is 60.9. The molecule has 2 fully saturated rings. The minimum atomic E-state index is -1.79. The molecule has 1 amide bonds. The maximum Gasteiger partial charge on any atom is 0.220 e. The number of aliphatic hydroxyl groups is 8. The highest BCUT2D eigenvalue weighted by atomic mass is 16.7. The van der Waals surface area contributed by atoms with Crippen LogP contribution in [0.3, 0.4) is 0 Å². The summed E-state index contributed by atoms with van der Waals surface area (Å²) >= 11 is 0. The van der Waals surface area contributed by atoms with Gasteiger partial charge in [-0.25, -0.2) is 0 Å². The highest BCUT2D eigenvalue weighted by molar-refractivity contribution is 5.76. The van der Waals surface area contributed by atoms with E-state index in [1.807, 2.05) is 6.08 Å². The summed E-state index contributed by atoms with van der Waals surface area (Å²) in [7, 11) is 0. The number of rotatable bonds is 59. The first-order valence-corrected chi connectivity index (χ1v) is 35.6. The number of aliphatic hydroxyl groups excluding tert-OH is 8. The average molecular weight is 1200 g/mol. The molecule has 2 aliphatic rings. The first-order chi connectivity index (χ1) is 41.1. The molecule has 12 atom stereocenters. The molecule has 14 heteroatoms. The monoisotopic (exact) mass is 1200 g/mol. The maximum absolute atomic E-state index is 13.3. The molecule has 14 nitrogen and oxygen atoms in total. The molecular formula is C70H133NO13. The van der Waals surface area contributed by atoms with Crippen molar-refractivity contribution in [3.8, 4) is 0 Å². The van der Waals surface area contributed by atoms with Crippen LogP contribution >= 0.6 is 0 Å². The second-order valence-electron chi connectivity index (χ2n) is 25.4. The molecule has 2 rings (SSSR count). The van der Waals surface area contributed by atoms with E-state index in [2.05, 4.69) is 31.3 Å². The van der Waals surface area contributed by atoms with Crippen molar-refractivity contribution >= 4 is 5.91 Å². The van der Waals surface area contributed by atoms with Crippen molar-refractivity contribution in [1.29, 1.82) is 0 Å². The van der Waals surface area contributed by atoms with Crippen LogP contribution in [0.2, 0.25) is 0 Å². The van der Waals surface area contributed by atoms with Crippen LogP contribution in [0.5, 0.6) is 0 Å². The molecule has 2 aliphatic heterocycles. The lowest BCUT2D eigenvalue weighted by molar-refractivity contribution is -0.359. The van der Waals surface area contributed by atoms with Gasteiger partial charge in [-0.15, -0.1) is 0 Å². The smallest absolute Gasteiger partial charge is 0.220 e. The summed E-state index contributed by atoms with van der Waals surface area (Å²) in [4.78, 5) is 13.3. The van der Waals surface area contributed by atoms with E-state index in [0.717, 1.165) is 32.1 Å². The number of amides is 1. The fourth-order valence-corrected chi connectivity index (χ4v) is 12.0. The Morgan fingerprint density at radius 3 is 1.17 bits per heavy atom. The Bertz CT molecular complexity index is 1500. The Labute approximate surface area is 513 Å². The highest BCUT2D eigenvalue weighted by Gasteiger charge is 2.51. The minimum absolute atomic E-state index is 0.242. The zero-order valence-electron chi connectivity index (χ0n) is 53.9. The first-order valence-electron chi connectivity index (χ1n) is 35.6. The van der Waals surface area contributed by atoms with Crippen molar-refractivity contribution < 1.29 is 64.6 Å². The van der Waals surface area contributed by atoms with Crippen LogP contribution in [0.25, 0.3) is 0 Å². The summed E-state index contributed by atoms with van der Waals surface area (Å²) < 4.78 is 22.8. The molecule has 9 N–H and O–H groups in total. The van der Waals surface area contributed by atoms with E-state index in [4.69, 9.17) is 18.9 Å². The Hall–Kier alpha value is -1.53. The van der Waals surface area contributed by atoms with Gasteiger partial charge in [-0.05, 0) is 32.1 Å². The van der Waals surface area contributed by atoms with E-state index in [1.165, 1.54) is 257 Å². The molecule has 496 valence electrons. The van der Waals surface area contributed by atoms with Crippen molar-refractivity contribution in [2.24, 2.45) is 0 Å². The third-order valence-corrected chi connectivity index (χ3v) is 17.6. The summed E-state index contributed by atoms with van der Waals surface area (Å²) in [6.07, 6.45) is 52.5. The number of hydrogen-bond donors (Lipinski definition) is 9. The van der Waals surface area contributed by atoms with E-state index >= 15 is 0 Å². The average Bonchev–Trinajstić information content (AvgIpc) is 3.62. The van der Waals surface area contributed by atoms with E-state index in [9.17, 15) is 45.6 Å². The Morgan fingerprint density at radius 2 is 0.762 bits per heavy atom. The molecule has 0 aliphatic carbocycles. The van der Waals surface area contributed by atoms with Crippen LogP contribution in [0, 0.1) is 0 Å². The summed E-state index contributed by atoms with van der Waals surface area (Å²) in [5.74, 6) is -0.242. The van der Waals surface area contributed by atoms with Crippen LogP contribution in [0.1, 0.15) is 322 Å². The van der Waals surface area contributed by atoms with Gasteiger partial charge >= 0.3 is 0 Å². The van der Waals surface area contributed by atoms with Gasteiger partial charge in [0.15, 0.2) is 12.6 Å². The predicted molar refractivity (Wildman–Crippen MR) is 342 cm³/mol. The van der Waals surface area contributed by atoms with Gasteiger partial charge in [0.1, 0.15) is 48.8 Å². The van der Waals surface area contributed by atoms with Gasteiger partial charge in [0, 0.05) is 6.42 Å². The highest BCUT2D eigenvalue weighted by Crippen LogP contribution is 2.30. The fourth-order valence-electron chi connectivity index (χ4n) is 12.0. The molecule has 2 heterocycles. The number of carbonyl (C=O) groups excluding carboxylic acids is 1. The second-order valence-corrected chi connectivity index (χ2v) is 25.4. The summed E-state index contributed by atoms with van der Waals surface area (Å²) in [6.45, 7) is 2.84. The Morgan fingerprint density at radius 1 is 0.417 bits per heavy atom. The molecule has 0 aromatic heterocycles. The van der Waals surface area contributed by atoms with Crippen molar-refractivity contribution in [3.05, 3.63) is 24.3 Å². The molecular weight excluding hydrogens is 1060 g/mol. The molecule has 0 radical (unpaired) electrons. The summed E-state index contributed by atoms with van der Waals surface area (Å²) in [5, 5.41) is 87.4. The number of nitrogens with one attached hydrogen (secondary N) is 1. The van der Waals surface area contributed by atoms with Gasteiger partial charge < -0.3 is 65.1 Å². The molecule has 0 saturated carbocycles. The summed E-state index contributed by atoms with van der Waals surface area (Å²) in [6, 6.07) is -0.929. The van der Waals surface area contributed by atoms with Crippen LogP contribution in [-0.2, 0) is 23.7 Å². The maximum atomic E-state index is 13.3. The van der Waals surface area contributed by atoms with Crippen LogP contribution < -0.4 is 5.32 Å². The fraction of sp³-hybridized carbons (Fsp3) is 0.929. The van der Waals surface area contributed by atoms with Crippen molar-refractivity contribution in [1.82, 2.24) is 5.32 Å². The Balaban J connectivity index is 1.67. The number of allylic oxidation sites excluding steroid dienone is 3. The predicted octanol–water partition coefficient (Wildman–Crippen LogP) is 14.3. The molecule has 0 aromatic rings. The topological polar surface area (TPSA) is 228 Å². The van der Waals surface area contributed by atoms with Crippen molar-refractivity contribution in [3.63, 3.8) is 0 Å². The molecule has 0 spiro atoms. The van der Waals surface area contributed by atoms with E-state index in [1.54, 1.807) is 6.08 Å². The SMILES string of the molecule is CCCCCCCCCCCCCCCCCCCCCCCCCCC/C=C/CC/C=C/C(O)C(COC1OC(CO)C(OC2OC(CO)C(O)C(O)C2O)C(O)C1O)NC(=O)CCCCCCCCCCCCCCCCCCCCC. The first kappa shape index (κ1) is 78.6. The number of hydrogen-bond acceptors (Lipinski definition) is 13. The van der Waals surface area contributed by atoms with Crippen molar-refractivity contribution in [2.45, 2.75) is 396 Å². The molecule has 0 aromatic carbocycles. The number of carbonyl (C=O) groups is 1. The van der Waals surface area contributed by atoms with Gasteiger partial charge in [0.05, 0.1) is 32.0 Å². The van der Waals surface area contributed by atoms with Gasteiger partial charge in [-0.1, -0.05) is 308 Å². The van der Waals surface area contributed by atoms with Gasteiger partial charge in [-0.3, -0.25) is 4.79 Å². The lowest BCUT2D eigenvalue weighted by Crippen LogP contribution is -2.65. The quantitative estimate of drug-likeness (QED) is 0.0204. The van der Waals surface area contributed by atoms with Crippen LogP contribution in [0.4, 0.5) is 0 Å². The number of unbranched alkanes of at least 4 members (excludes halogenated alkanes) is 44. The molecule has 0 bridgehead atoms. The van der Waals surface area contributed by atoms with Crippen LogP contribution in [0.15, 0.2) is 24.3 Å². The zero-order valence-corrected chi connectivity index (χ0v) is 53.9. The molecule has 2 saturated heterocycles. The molecule has 84 heavy (non-hydrogen) atoms. The van der Waals surface area contributed by atoms with E-state index < -0.39 is 86.8 Å².